The summed E-state index contributed by atoms with van der Waals surface area (Å²) < 4.78 is 12.9. The highest BCUT2D eigenvalue weighted by molar-refractivity contribution is 5.97. The van der Waals surface area contributed by atoms with Crippen molar-refractivity contribution >= 4 is 5.91 Å². The van der Waals surface area contributed by atoms with Gasteiger partial charge in [-0.2, -0.15) is 5.26 Å². The van der Waals surface area contributed by atoms with Crippen LogP contribution in [0.4, 0.5) is 4.39 Å². The van der Waals surface area contributed by atoms with E-state index in [4.69, 9.17) is 5.26 Å². The summed E-state index contributed by atoms with van der Waals surface area (Å²) in [5.74, 6) is -1.29. The van der Waals surface area contributed by atoms with Crippen LogP contribution in [0.25, 0.3) is 0 Å². The van der Waals surface area contributed by atoms with Gasteiger partial charge < -0.3 is 10.0 Å². The number of nitriles is 1. The van der Waals surface area contributed by atoms with Crippen LogP contribution < -0.4 is 0 Å². The summed E-state index contributed by atoms with van der Waals surface area (Å²) in [7, 11) is 0. The fourth-order valence-corrected chi connectivity index (χ4v) is 1.85. The maximum absolute atomic E-state index is 12.9. The van der Waals surface area contributed by atoms with Crippen LogP contribution in [-0.4, -0.2) is 28.5 Å². The molecule has 0 heterocycles. The minimum absolute atomic E-state index is 0.0845. The average molecular weight is 248 g/mol. The second kappa shape index (κ2) is 5.05. The Kier molecular flexibility index (Phi) is 3.47. The van der Waals surface area contributed by atoms with Gasteiger partial charge in [-0.1, -0.05) is 0 Å². The number of rotatable bonds is 4. The zero-order valence-corrected chi connectivity index (χ0v) is 9.77. The number of phenols is 1. The van der Waals surface area contributed by atoms with Gasteiger partial charge in [-0.05, 0) is 25.0 Å². The highest BCUT2D eigenvalue weighted by Crippen LogP contribution is 2.30. The van der Waals surface area contributed by atoms with Crippen LogP contribution in [0.15, 0.2) is 18.2 Å². The number of phenolic OH excluding ortho intramolecular Hbond substituents is 1. The highest BCUT2D eigenvalue weighted by atomic mass is 19.1. The SMILES string of the molecule is N#CCCN(C(=O)c1ccc(F)cc1O)C1CC1. The molecule has 0 unspecified atom stereocenters. The van der Waals surface area contributed by atoms with Crippen molar-refractivity contribution in [2.24, 2.45) is 0 Å². The predicted octanol–water partition coefficient (Wildman–Crippen LogP) is 2.05. The Morgan fingerprint density at radius 2 is 2.28 bits per heavy atom. The van der Waals surface area contributed by atoms with Crippen LogP contribution in [0, 0.1) is 17.1 Å². The third-order valence-electron chi connectivity index (χ3n) is 2.90. The molecule has 1 aliphatic carbocycles. The number of carbonyl (C=O) groups is 1. The molecule has 1 saturated carbocycles. The van der Waals surface area contributed by atoms with Gasteiger partial charge in [0, 0.05) is 18.7 Å². The highest BCUT2D eigenvalue weighted by Gasteiger charge is 2.33. The summed E-state index contributed by atoms with van der Waals surface area (Å²) in [6.45, 7) is 0.344. The molecule has 1 amide bonds. The van der Waals surface area contributed by atoms with Gasteiger partial charge in [-0.3, -0.25) is 4.79 Å². The van der Waals surface area contributed by atoms with E-state index in [2.05, 4.69) is 0 Å². The van der Waals surface area contributed by atoms with Crippen molar-refractivity contribution in [1.82, 2.24) is 4.90 Å². The molecule has 4 nitrogen and oxygen atoms in total. The normalized spacial score (nSPS) is 14.0. The van der Waals surface area contributed by atoms with Gasteiger partial charge in [0.2, 0.25) is 0 Å². The molecule has 0 bridgehead atoms. The summed E-state index contributed by atoms with van der Waals surface area (Å²) >= 11 is 0. The number of nitrogens with zero attached hydrogens (tertiary/aromatic N) is 2. The van der Waals surface area contributed by atoms with Crippen molar-refractivity contribution in [3.8, 4) is 11.8 Å². The van der Waals surface area contributed by atoms with E-state index in [0.29, 0.717) is 6.54 Å². The van der Waals surface area contributed by atoms with E-state index >= 15 is 0 Å². The van der Waals surface area contributed by atoms with Crippen LogP contribution in [0.2, 0.25) is 0 Å². The Bertz CT molecular complexity index is 506. The number of aromatic hydroxyl groups is 1. The molecule has 5 heteroatoms. The molecule has 1 N–H and O–H groups in total. The second-order valence-electron chi connectivity index (χ2n) is 4.30. The van der Waals surface area contributed by atoms with Crippen molar-refractivity contribution in [2.45, 2.75) is 25.3 Å². The van der Waals surface area contributed by atoms with E-state index in [0.717, 1.165) is 25.0 Å². The Hall–Kier alpha value is -2.09. The molecular weight excluding hydrogens is 235 g/mol. The molecule has 0 saturated heterocycles. The molecule has 0 aliphatic heterocycles. The molecule has 0 atom stereocenters. The van der Waals surface area contributed by atoms with Crippen LogP contribution in [0.5, 0.6) is 5.75 Å². The Labute approximate surface area is 104 Å². The summed E-state index contributed by atoms with van der Waals surface area (Å²) in [5, 5.41) is 18.2. The lowest BCUT2D eigenvalue weighted by Crippen LogP contribution is -2.34. The summed E-state index contributed by atoms with van der Waals surface area (Å²) in [4.78, 5) is 13.8. The van der Waals surface area contributed by atoms with Gasteiger partial charge in [0.25, 0.3) is 5.91 Å². The standard InChI is InChI=1S/C13H13FN2O2/c14-9-2-5-11(12(17)8-9)13(18)16(7-1-6-15)10-3-4-10/h2,5,8,10,17H,1,3-4,7H2. The van der Waals surface area contributed by atoms with Gasteiger partial charge in [-0.15, -0.1) is 0 Å². The largest absolute Gasteiger partial charge is 0.507 e. The average Bonchev–Trinajstić information content (AvgIpc) is 3.13. The molecule has 1 aromatic carbocycles. The number of benzene rings is 1. The van der Waals surface area contributed by atoms with Gasteiger partial charge in [0.1, 0.15) is 11.6 Å². The van der Waals surface area contributed by atoms with E-state index in [1.807, 2.05) is 6.07 Å². The Balaban J connectivity index is 2.19. The Morgan fingerprint density at radius 1 is 1.56 bits per heavy atom. The summed E-state index contributed by atoms with van der Waals surface area (Å²) in [6, 6.07) is 5.48. The molecule has 0 spiro atoms. The van der Waals surface area contributed by atoms with Gasteiger partial charge >= 0.3 is 0 Å². The van der Waals surface area contributed by atoms with Crippen LogP contribution in [-0.2, 0) is 0 Å². The van der Waals surface area contributed by atoms with Crippen LogP contribution in [0.3, 0.4) is 0 Å². The third kappa shape index (κ3) is 2.59. The molecule has 1 fully saturated rings. The van der Waals surface area contributed by atoms with Gasteiger partial charge in [0.05, 0.1) is 18.1 Å². The van der Waals surface area contributed by atoms with Gasteiger partial charge in [-0.25, -0.2) is 4.39 Å². The summed E-state index contributed by atoms with van der Waals surface area (Å²) in [5.41, 5.74) is 0.0845. The number of hydrogen-bond donors (Lipinski definition) is 1. The fraction of sp³-hybridized carbons (Fsp3) is 0.385. The van der Waals surface area contributed by atoms with Crippen molar-refractivity contribution in [2.75, 3.05) is 6.54 Å². The molecule has 0 aromatic heterocycles. The zero-order chi connectivity index (χ0) is 13.1. The van der Waals surface area contributed by atoms with E-state index in [1.165, 1.54) is 6.07 Å². The fourth-order valence-electron chi connectivity index (χ4n) is 1.85. The molecular formula is C13H13FN2O2. The first-order valence-electron chi connectivity index (χ1n) is 5.80. The van der Waals surface area contributed by atoms with Crippen molar-refractivity contribution in [1.29, 1.82) is 5.26 Å². The Morgan fingerprint density at radius 3 is 2.83 bits per heavy atom. The van der Waals surface area contributed by atoms with Crippen LogP contribution >= 0.6 is 0 Å². The zero-order valence-electron chi connectivity index (χ0n) is 9.77. The first kappa shape index (κ1) is 12.4. The lowest BCUT2D eigenvalue weighted by Gasteiger charge is -2.21. The number of carbonyl (C=O) groups excluding carboxylic acids is 1. The van der Waals surface area contributed by atoms with E-state index < -0.39 is 5.82 Å². The number of amides is 1. The first-order valence-corrected chi connectivity index (χ1v) is 5.80. The lowest BCUT2D eigenvalue weighted by atomic mass is 10.1. The molecule has 94 valence electrons. The molecule has 2 rings (SSSR count). The molecule has 0 radical (unpaired) electrons. The van der Waals surface area contributed by atoms with Crippen molar-refractivity contribution in [3.05, 3.63) is 29.6 Å². The van der Waals surface area contributed by atoms with Gasteiger partial charge in [0.15, 0.2) is 0 Å². The predicted molar refractivity (Wildman–Crippen MR) is 62.4 cm³/mol. The molecule has 18 heavy (non-hydrogen) atoms. The number of hydrogen-bond acceptors (Lipinski definition) is 3. The van der Waals surface area contributed by atoms with Crippen LogP contribution in [0.1, 0.15) is 29.6 Å². The maximum atomic E-state index is 12.9. The van der Waals surface area contributed by atoms with Crippen molar-refractivity contribution in [3.63, 3.8) is 0 Å². The van der Waals surface area contributed by atoms with E-state index in [9.17, 15) is 14.3 Å². The minimum atomic E-state index is -0.584. The maximum Gasteiger partial charge on any atom is 0.257 e. The first-order chi connectivity index (χ1) is 8.63. The lowest BCUT2D eigenvalue weighted by molar-refractivity contribution is 0.0743. The van der Waals surface area contributed by atoms with E-state index in [-0.39, 0.29) is 29.7 Å². The minimum Gasteiger partial charge on any atom is -0.507 e. The molecule has 1 aliphatic rings. The smallest absolute Gasteiger partial charge is 0.257 e. The quantitative estimate of drug-likeness (QED) is 0.886. The van der Waals surface area contributed by atoms with E-state index in [1.54, 1.807) is 4.90 Å². The monoisotopic (exact) mass is 248 g/mol. The molecule has 1 aromatic rings. The second-order valence-corrected chi connectivity index (χ2v) is 4.30. The van der Waals surface area contributed by atoms with Crippen molar-refractivity contribution < 1.29 is 14.3 Å². The summed E-state index contributed by atoms with van der Waals surface area (Å²) in [6.07, 6.45) is 2.09. The topological polar surface area (TPSA) is 64.3 Å². The third-order valence-corrected chi connectivity index (χ3v) is 2.90. The number of halogens is 1.